The van der Waals surface area contributed by atoms with E-state index in [0.29, 0.717) is 18.9 Å². The Morgan fingerprint density at radius 1 is 1.65 bits per heavy atom. The van der Waals surface area contributed by atoms with Gasteiger partial charge >= 0.3 is 0 Å². The third kappa shape index (κ3) is 3.35. The summed E-state index contributed by atoms with van der Waals surface area (Å²) in [6.07, 6.45) is 5.38. The molecule has 0 bridgehead atoms. The Morgan fingerprint density at radius 2 is 2.41 bits per heavy atom. The van der Waals surface area contributed by atoms with Gasteiger partial charge in [-0.15, -0.1) is 0 Å². The Morgan fingerprint density at radius 3 is 2.94 bits per heavy atom. The minimum absolute atomic E-state index is 0.115. The van der Waals surface area contributed by atoms with Gasteiger partial charge in [-0.1, -0.05) is 6.42 Å². The molecule has 96 valence electrons. The molecule has 1 unspecified atom stereocenters. The molecule has 1 saturated carbocycles. The highest BCUT2D eigenvalue weighted by Gasteiger charge is 2.32. The van der Waals surface area contributed by atoms with Crippen LogP contribution in [0.4, 0.5) is 0 Å². The first kappa shape index (κ1) is 12.2. The van der Waals surface area contributed by atoms with Crippen molar-refractivity contribution in [2.45, 2.75) is 44.6 Å². The lowest BCUT2D eigenvalue weighted by molar-refractivity contribution is -0.119. The molecular formula is C12H22N4O. The molecule has 2 aliphatic rings. The molecule has 5 nitrogen and oxygen atoms in total. The topological polar surface area (TPSA) is 79.5 Å². The summed E-state index contributed by atoms with van der Waals surface area (Å²) in [4.78, 5) is 15.5. The zero-order chi connectivity index (χ0) is 12.3. The number of hydrogen-bond acceptors (Lipinski definition) is 2. The molecule has 5 heteroatoms. The molecule has 0 spiro atoms. The van der Waals surface area contributed by atoms with Gasteiger partial charge in [0.15, 0.2) is 5.96 Å². The molecule has 0 aromatic heterocycles. The van der Waals surface area contributed by atoms with Crippen molar-refractivity contribution >= 4 is 11.9 Å². The average Bonchev–Trinajstić information content (AvgIpc) is 2.54. The lowest BCUT2D eigenvalue weighted by atomic mass is 9.85. The van der Waals surface area contributed by atoms with Crippen molar-refractivity contribution in [2.24, 2.45) is 16.6 Å². The van der Waals surface area contributed by atoms with Crippen molar-refractivity contribution in [2.75, 3.05) is 13.1 Å². The van der Waals surface area contributed by atoms with E-state index >= 15 is 0 Å². The van der Waals surface area contributed by atoms with Gasteiger partial charge in [0.2, 0.25) is 5.91 Å². The van der Waals surface area contributed by atoms with Crippen LogP contribution in [0, 0.1) is 5.92 Å². The minimum Gasteiger partial charge on any atom is -0.370 e. The van der Waals surface area contributed by atoms with Crippen LogP contribution < -0.4 is 16.4 Å². The van der Waals surface area contributed by atoms with Crippen LogP contribution in [0.3, 0.4) is 0 Å². The number of guanidine groups is 1. The van der Waals surface area contributed by atoms with E-state index in [0.717, 1.165) is 18.9 Å². The second-order valence-electron chi connectivity index (χ2n) is 5.49. The van der Waals surface area contributed by atoms with E-state index in [9.17, 15) is 4.79 Å². The molecule has 17 heavy (non-hydrogen) atoms. The quantitative estimate of drug-likeness (QED) is 0.489. The second-order valence-corrected chi connectivity index (χ2v) is 5.49. The van der Waals surface area contributed by atoms with E-state index in [1.807, 2.05) is 6.92 Å². The van der Waals surface area contributed by atoms with Crippen molar-refractivity contribution in [3.8, 4) is 0 Å². The van der Waals surface area contributed by atoms with E-state index in [4.69, 9.17) is 5.73 Å². The SMILES string of the molecule is CC1(CN=C(N)NCC2CCC2)CCC(=O)N1. The van der Waals surface area contributed by atoms with Crippen molar-refractivity contribution in [1.29, 1.82) is 0 Å². The van der Waals surface area contributed by atoms with Gasteiger partial charge in [0.05, 0.1) is 12.1 Å². The minimum atomic E-state index is -0.208. The Kier molecular flexibility index (Phi) is 3.54. The Labute approximate surface area is 102 Å². The third-order valence-electron chi connectivity index (χ3n) is 3.74. The normalized spacial score (nSPS) is 29.9. The first-order chi connectivity index (χ1) is 8.07. The number of hydrogen-bond donors (Lipinski definition) is 3. The van der Waals surface area contributed by atoms with E-state index in [1.54, 1.807) is 0 Å². The number of aliphatic imine (C=N–C) groups is 1. The fourth-order valence-electron chi connectivity index (χ4n) is 2.23. The third-order valence-corrected chi connectivity index (χ3v) is 3.74. The highest BCUT2D eigenvalue weighted by atomic mass is 16.2. The molecule has 2 rings (SSSR count). The molecule has 1 amide bonds. The molecule has 0 aromatic carbocycles. The maximum absolute atomic E-state index is 11.2. The van der Waals surface area contributed by atoms with Gasteiger partial charge in [0, 0.05) is 13.0 Å². The first-order valence-electron chi connectivity index (χ1n) is 6.42. The van der Waals surface area contributed by atoms with Crippen molar-refractivity contribution < 1.29 is 4.79 Å². The molecule has 4 N–H and O–H groups in total. The van der Waals surface area contributed by atoms with Crippen molar-refractivity contribution in [3.05, 3.63) is 0 Å². The van der Waals surface area contributed by atoms with Crippen LogP contribution in [0.15, 0.2) is 4.99 Å². The lowest BCUT2D eigenvalue weighted by Gasteiger charge is -2.26. The Balaban J connectivity index is 1.72. The van der Waals surface area contributed by atoms with Crippen LogP contribution in [0.1, 0.15) is 39.0 Å². The van der Waals surface area contributed by atoms with Gasteiger partial charge in [0.1, 0.15) is 0 Å². The molecular weight excluding hydrogens is 216 g/mol. The predicted octanol–water partition coefficient (Wildman–Crippen LogP) is 0.360. The summed E-state index contributed by atoms with van der Waals surface area (Å²) in [6.45, 7) is 3.50. The molecule has 0 radical (unpaired) electrons. The first-order valence-corrected chi connectivity index (χ1v) is 6.42. The van der Waals surface area contributed by atoms with Crippen LogP contribution in [-0.4, -0.2) is 30.5 Å². The number of nitrogens with one attached hydrogen (secondary N) is 2. The number of nitrogens with two attached hydrogens (primary N) is 1. The summed E-state index contributed by atoms with van der Waals surface area (Å²) < 4.78 is 0. The lowest BCUT2D eigenvalue weighted by Crippen LogP contribution is -2.43. The monoisotopic (exact) mass is 238 g/mol. The molecule has 0 aromatic rings. The Hall–Kier alpha value is -1.26. The molecule has 1 aliphatic carbocycles. The van der Waals surface area contributed by atoms with E-state index in [1.165, 1.54) is 19.3 Å². The van der Waals surface area contributed by atoms with Gasteiger partial charge in [-0.3, -0.25) is 9.79 Å². The van der Waals surface area contributed by atoms with Gasteiger partial charge in [-0.25, -0.2) is 0 Å². The zero-order valence-corrected chi connectivity index (χ0v) is 10.5. The second kappa shape index (κ2) is 4.94. The van der Waals surface area contributed by atoms with Gasteiger partial charge < -0.3 is 16.4 Å². The zero-order valence-electron chi connectivity index (χ0n) is 10.5. The van der Waals surface area contributed by atoms with Crippen LogP contribution >= 0.6 is 0 Å². The molecule has 1 heterocycles. The van der Waals surface area contributed by atoms with E-state index < -0.39 is 0 Å². The summed E-state index contributed by atoms with van der Waals surface area (Å²) in [5.41, 5.74) is 5.59. The van der Waals surface area contributed by atoms with E-state index in [-0.39, 0.29) is 11.4 Å². The Bertz CT molecular complexity index is 324. The van der Waals surface area contributed by atoms with Gasteiger partial charge in [-0.05, 0) is 32.1 Å². The number of rotatable bonds is 4. The van der Waals surface area contributed by atoms with Crippen LogP contribution in [0.5, 0.6) is 0 Å². The standard InChI is InChI=1S/C12H22N4O/c1-12(6-5-10(17)16-12)8-15-11(13)14-7-9-3-2-4-9/h9H,2-8H2,1H3,(H,16,17)(H3,13,14,15). The highest BCUT2D eigenvalue weighted by molar-refractivity contribution is 5.80. The predicted molar refractivity (Wildman–Crippen MR) is 67.6 cm³/mol. The van der Waals surface area contributed by atoms with Gasteiger partial charge in [-0.2, -0.15) is 0 Å². The fourth-order valence-corrected chi connectivity index (χ4v) is 2.23. The average molecular weight is 238 g/mol. The maximum atomic E-state index is 11.2. The maximum Gasteiger partial charge on any atom is 0.220 e. The summed E-state index contributed by atoms with van der Waals surface area (Å²) >= 11 is 0. The van der Waals surface area contributed by atoms with Crippen molar-refractivity contribution in [1.82, 2.24) is 10.6 Å². The van der Waals surface area contributed by atoms with E-state index in [2.05, 4.69) is 15.6 Å². The van der Waals surface area contributed by atoms with Crippen LogP contribution in [0.2, 0.25) is 0 Å². The summed E-state index contributed by atoms with van der Waals surface area (Å²) in [5, 5.41) is 6.10. The van der Waals surface area contributed by atoms with Crippen LogP contribution in [0.25, 0.3) is 0 Å². The van der Waals surface area contributed by atoms with Crippen LogP contribution in [-0.2, 0) is 4.79 Å². The summed E-state index contributed by atoms with van der Waals surface area (Å²) in [5.74, 6) is 1.38. The van der Waals surface area contributed by atoms with Gasteiger partial charge in [0.25, 0.3) is 0 Å². The molecule has 1 atom stereocenters. The number of carbonyl (C=O) groups excluding carboxylic acids is 1. The summed E-state index contributed by atoms with van der Waals surface area (Å²) in [7, 11) is 0. The van der Waals surface area contributed by atoms with Crippen molar-refractivity contribution in [3.63, 3.8) is 0 Å². The molecule has 2 fully saturated rings. The summed E-state index contributed by atoms with van der Waals surface area (Å²) in [6, 6.07) is 0. The number of carbonyl (C=O) groups is 1. The largest absolute Gasteiger partial charge is 0.370 e. The fraction of sp³-hybridized carbons (Fsp3) is 0.833. The smallest absolute Gasteiger partial charge is 0.220 e. The molecule has 1 saturated heterocycles. The highest BCUT2D eigenvalue weighted by Crippen LogP contribution is 2.25. The number of amides is 1. The molecule has 1 aliphatic heterocycles. The number of nitrogens with zero attached hydrogens (tertiary/aromatic N) is 1.